The summed E-state index contributed by atoms with van der Waals surface area (Å²) in [7, 11) is 1.28. The Labute approximate surface area is 97.9 Å². The lowest BCUT2D eigenvalue weighted by Gasteiger charge is -2.09. The molecule has 0 atom stereocenters. The van der Waals surface area contributed by atoms with Gasteiger partial charge in [-0.15, -0.1) is 0 Å². The Kier molecular flexibility index (Phi) is 4.21. The van der Waals surface area contributed by atoms with Crippen molar-refractivity contribution in [1.29, 1.82) is 0 Å². The van der Waals surface area contributed by atoms with Gasteiger partial charge < -0.3 is 15.3 Å². The normalized spacial score (nSPS) is 10.2. The predicted octanol–water partition coefficient (Wildman–Crippen LogP) is 1.18. The smallest absolute Gasteiger partial charge is 0.338 e. The van der Waals surface area contributed by atoms with E-state index in [1.807, 2.05) is 0 Å². The molecule has 0 heterocycles. The fraction of sp³-hybridized carbons (Fsp3) is 0.182. The fourth-order valence-corrected chi connectivity index (χ4v) is 1.32. The minimum atomic E-state index is -0.586. The van der Waals surface area contributed by atoms with E-state index in [-0.39, 0.29) is 0 Å². The molecule has 0 saturated carbocycles. The van der Waals surface area contributed by atoms with Crippen molar-refractivity contribution in [2.45, 2.75) is 6.92 Å². The quantitative estimate of drug-likeness (QED) is 0.357. The van der Waals surface area contributed by atoms with Crippen LogP contribution < -0.4 is 5.32 Å². The summed E-state index contributed by atoms with van der Waals surface area (Å²) in [5.41, 5.74) is 1.41. The van der Waals surface area contributed by atoms with Crippen molar-refractivity contribution in [1.82, 2.24) is 0 Å². The Morgan fingerprint density at radius 3 is 2.76 bits per heavy atom. The van der Waals surface area contributed by atoms with Crippen LogP contribution >= 0.6 is 0 Å². The number of carbonyl (C=O) groups is 2. The van der Waals surface area contributed by atoms with Gasteiger partial charge in [-0.1, -0.05) is 11.2 Å². The lowest BCUT2D eigenvalue weighted by Crippen LogP contribution is -2.15. The molecule has 2 N–H and O–H groups in total. The third-order valence-electron chi connectivity index (χ3n) is 2.17. The number of hydrogen-bond acceptors (Lipinski definition) is 5. The maximum Gasteiger partial charge on any atom is 0.338 e. The van der Waals surface area contributed by atoms with Crippen molar-refractivity contribution in [2.24, 2.45) is 5.16 Å². The van der Waals surface area contributed by atoms with Gasteiger partial charge in [0, 0.05) is 5.69 Å². The Bertz CT molecular complexity index is 469. The molecular weight excluding hydrogens is 224 g/mol. The van der Waals surface area contributed by atoms with E-state index in [4.69, 9.17) is 5.21 Å². The predicted molar refractivity (Wildman–Crippen MR) is 61.4 cm³/mol. The summed E-state index contributed by atoms with van der Waals surface area (Å²) < 4.78 is 4.61. The van der Waals surface area contributed by atoms with Gasteiger partial charge in [0.15, 0.2) is 0 Å². The molecule has 0 aliphatic rings. The Morgan fingerprint density at radius 2 is 2.18 bits per heavy atom. The molecule has 6 nitrogen and oxygen atoms in total. The second-order valence-electron chi connectivity index (χ2n) is 3.20. The molecule has 6 heteroatoms. The van der Waals surface area contributed by atoms with Crippen molar-refractivity contribution in [2.75, 3.05) is 12.4 Å². The molecule has 0 bridgehead atoms. The molecule has 1 amide bonds. The van der Waals surface area contributed by atoms with Crippen LogP contribution in [0.25, 0.3) is 0 Å². The first-order chi connectivity index (χ1) is 8.10. The monoisotopic (exact) mass is 236 g/mol. The van der Waals surface area contributed by atoms with Gasteiger partial charge in [0.1, 0.15) is 6.21 Å². The number of amides is 1. The molecule has 0 aromatic heterocycles. The minimum absolute atomic E-state index is 0.367. The Hall–Kier alpha value is -2.37. The fourth-order valence-electron chi connectivity index (χ4n) is 1.32. The summed E-state index contributed by atoms with van der Waals surface area (Å²) in [6.45, 7) is 1.68. The van der Waals surface area contributed by atoms with Crippen LogP contribution in [0, 0.1) is 6.92 Å². The first-order valence-corrected chi connectivity index (χ1v) is 4.76. The van der Waals surface area contributed by atoms with Crippen molar-refractivity contribution in [3.8, 4) is 0 Å². The van der Waals surface area contributed by atoms with Crippen LogP contribution in [-0.4, -0.2) is 30.4 Å². The van der Waals surface area contributed by atoms with Crippen molar-refractivity contribution < 1.29 is 19.5 Å². The van der Waals surface area contributed by atoms with Crippen LogP contribution in [0.4, 0.5) is 5.69 Å². The molecule has 17 heavy (non-hydrogen) atoms. The SMILES string of the molecule is COC(=O)c1cccc(NC(=O)/C=N\O)c1C. The molecule has 1 rings (SSSR count). The van der Waals surface area contributed by atoms with Crippen molar-refractivity contribution >= 4 is 23.8 Å². The number of hydrogen-bond donors (Lipinski definition) is 2. The van der Waals surface area contributed by atoms with Crippen LogP contribution in [0.15, 0.2) is 23.4 Å². The van der Waals surface area contributed by atoms with Crippen LogP contribution in [0.3, 0.4) is 0 Å². The Balaban J connectivity index is 3.02. The highest BCUT2D eigenvalue weighted by molar-refractivity contribution is 6.31. The second-order valence-corrected chi connectivity index (χ2v) is 3.20. The van der Waals surface area contributed by atoms with Crippen LogP contribution in [0.2, 0.25) is 0 Å². The lowest BCUT2D eigenvalue weighted by atomic mass is 10.1. The first-order valence-electron chi connectivity index (χ1n) is 4.76. The number of carbonyl (C=O) groups excluding carboxylic acids is 2. The van der Waals surface area contributed by atoms with E-state index in [2.05, 4.69) is 15.2 Å². The van der Waals surface area contributed by atoms with Crippen LogP contribution in [-0.2, 0) is 9.53 Å². The first kappa shape index (κ1) is 12.7. The summed E-state index contributed by atoms with van der Waals surface area (Å²) in [6.07, 6.45) is 0.726. The van der Waals surface area contributed by atoms with Crippen LogP contribution in [0.5, 0.6) is 0 Å². The largest absolute Gasteiger partial charge is 0.465 e. The maximum absolute atomic E-state index is 11.4. The average molecular weight is 236 g/mol. The molecule has 90 valence electrons. The molecule has 0 fully saturated rings. The van der Waals surface area contributed by atoms with Gasteiger partial charge in [-0.3, -0.25) is 4.79 Å². The highest BCUT2D eigenvalue weighted by Crippen LogP contribution is 2.19. The number of ether oxygens (including phenoxy) is 1. The zero-order chi connectivity index (χ0) is 12.8. The highest BCUT2D eigenvalue weighted by Gasteiger charge is 2.12. The lowest BCUT2D eigenvalue weighted by molar-refractivity contribution is -0.110. The number of oxime groups is 1. The molecule has 0 spiro atoms. The summed E-state index contributed by atoms with van der Waals surface area (Å²) in [4.78, 5) is 22.6. The summed E-state index contributed by atoms with van der Waals surface area (Å²) in [6, 6.07) is 4.84. The molecule has 1 aromatic carbocycles. The van der Waals surface area contributed by atoms with Gasteiger partial charge >= 0.3 is 5.97 Å². The molecule has 0 radical (unpaired) electrons. The van der Waals surface area contributed by atoms with Gasteiger partial charge in [-0.25, -0.2) is 4.79 Å². The maximum atomic E-state index is 11.4. The van der Waals surface area contributed by atoms with Gasteiger partial charge in [0.2, 0.25) is 0 Å². The van der Waals surface area contributed by atoms with E-state index < -0.39 is 11.9 Å². The average Bonchev–Trinajstić information content (AvgIpc) is 2.31. The van der Waals surface area contributed by atoms with E-state index in [1.54, 1.807) is 25.1 Å². The van der Waals surface area contributed by atoms with Crippen molar-refractivity contribution in [3.63, 3.8) is 0 Å². The standard InChI is InChI=1S/C11H12N2O4/c1-7-8(11(15)17-2)4-3-5-9(7)13-10(14)6-12-16/h3-6,16H,1-2H3,(H,13,14)/b12-6-. The van der Waals surface area contributed by atoms with Crippen LogP contribution in [0.1, 0.15) is 15.9 Å². The van der Waals surface area contributed by atoms with E-state index in [0.717, 1.165) is 6.21 Å². The van der Waals surface area contributed by atoms with Gasteiger partial charge in [-0.2, -0.15) is 0 Å². The summed E-state index contributed by atoms with van der Waals surface area (Å²) in [5, 5.41) is 13.3. The second kappa shape index (κ2) is 5.64. The third-order valence-corrected chi connectivity index (χ3v) is 2.17. The van der Waals surface area contributed by atoms with E-state index in [1.165, 1.54) is 7.11 Å². The van der Waals surface area contributed by atoms with E-state index in [9.17, 15) is 9.59 Å². The van der Waals surface area contributed by atoms with Gasteiger partial charge in [0.25, 0.3) is 5.91 Å². The number of benzene rings is 1. The minimum Gasteiger partial charge on any atom is -0.465 e. The molecular formula is C11H12N2O4. The summed E-state index contributed by atoms with van der Waals surface area (Å²) >= 11 is 0. The molecule has 0 aliphatic carbocycles. The highest BCUT2D eigenvalue weighted by atomic mass is 16.5. The van der Waals surface area contributed by atoms with Crippen molar-refractivity contribution in [3.05, 3.63) is 29.3 Å². The van der Waals surface area contributed by atoms with E-state index >= 15 is 0 Å². The topological polar surface area (TPSA) is 88.0 Å². The number of nitrogens with one attached hydrogen (secondary N) is 1. The molecule has 0 aliphatic heterocycles. The zero-order valence-corrected chi connectivity index (χ0v) is 9.43. The molecule has 0 saturated heterocycles. The zero-order valence-electron chi connectivity index (χ0n) is 9.43. The Morgan fingerprint density at radius 1 is 1.47 bits per heavy atom. The number of esters is 1. The molecule has 0 unspecified atom stereocenters. The number of rotatable bonds is 3. The number of methoxy groups -OCH3 is 1. The third kappa shape index (κ3) is 3.04. The van der Waals surface area contributed by atoms with E-state index in [0.29, 0.717) is 16.8 Å². The summed E-state index contributed by atoms with van der Waals surface area (Å²) in [5.74, 6) is -1.06. The molecule has 1 aromatic rings. The number of nitrogens with zero attached hydrogens (tertiary/aromatic N) is 1. The number of anilines is 1. The van der Waals surface area contributed by atoms with Gasteiger partial charge in [-0.05, 0) is 24.6 Å². The van der Waals surface area contributed by atoms with Gasteiger partial charge in [0.05, 0.1) is 12.7 Å².